The van der Waals surface area contributed by atoms with E-state index in [1.165, 1.54) is 0 Å². The smallest absolute Gasteiger partial charge is 0.233 e. The molecule has 3 N–H and O–H groups in total. The lowest BCUT2D eigenvalue weighted by molar-refractivity contribution is -0.129. The van der Waals surface area contributed by atoms with E-state index in [2.05, 4.69) is 16.0 Å². The van der Waals surface area contributed by atoms with E-state index in [9.17, 15) is 9.59 Å². The van der Waals surface area contributed by atoms with E-state index < -0.39 is 5.41 Å². The van der Waals surface area contributed by atoms with Crippen LogP contribution in [0.4, 0.5) is 0 Å². The van der Waals surface area contributed by atoms with E-state index in [1.54, 1.807) is 7.05 Å². The molecule has 0 aromatic heterocycles. The molecule has 0 saturated heterocycles. The molecule has 0 aromatic rings. The first kappa shape index (κ1) is 13.9. The Morgan fingerprint density at radius 1 is 1.27 bits per heavy atom. The lowest BCUT2D eigenvalue weighted by Crippen LogP contribution is -2.44. The van der Waals surface area contributed by atoms with Crippen LogP contribution < -0.4 is 16.0 Å². The molecule has 0 spiro atoms. The van der Waals surface area contributed by atoms with Crippen molar-refractivity contribution in [3.8, 4) is 0 Å². The molecule has 0 aliphatic carbocycles. The zero-order valence-corrected chi connectivity index (χ0v) is 9.94. The average molecular weight is 215 g/mol. The number of hydrogen-bond acceptors (Lipinski definition) is 3. The maximum absolute atomic E-state index is 11.4. The van der Waals surface area contributed by atoms with Crippen molar-refractivity contribution in [2.24, 2.45) is 5.41 Å². The summed E-state index contributed by atoms with van der Waals surface area (Å²) in [4.78, 5) is 22.5. The Balaban J connectivity index is 3.84. The van der Waals surface area contributed by atoms with Crippen LogP contribution in [0.5, 0.6) is 0 Å². The van der Waals surface area contributed by atoms with Gasteiger partial charge in [0, 0.05) is 20.1 Å². The zero-order valence-electron chi connectivity index (χ0n) is 9.94. The summed E-state index contributed by atoms with van der Waals surface area (Å²) in [7, 11) is 1.61. The number of nitrogens with one attached hydrogen (secondary N) is 3. The van der Waals surface area contributed by atoms with Gasteiger partial charge in [-0.3, -0.25) is 9.59 Å². The summed E-state index contributed by atoms with van der Waals surface area (Å²) in [5.74, 6) is -0.0869. The van der Waals surface area contributed by atoms with Gasteiger partial charge in [0.25, 0.3) is 0 Å². The molecule has 0 bridgehead atoms. The summed E-state index contributed by atoms with van der Waals surface area (Å²) >= 11 is 0. The monoisotopic (exact) mass is 215 g/mol. The molecule has 0 aromatic carbocycles. The van der Waals surface area contributed by atoms with E-state index in [1.807, 2.05) is 20.8 Å². The summed E-state index contributed by atoms with van der Waals surface area (Å²) in [5.41, 5.74) is -0.499. The Hall–Kier alpha value is -1.10. The lowest BCUT2D eigenvalue weighted by atomic mass is 9.92. The summed E-state index contributed by atoms with van der Waals surface area (Å²) in [6.45, 7) is 6.87. The van der Waals surface area contributed by atoms with Crippen molar-refractivity contribution in [1.82, 2.24) is 16.0 Å². The van der Waals surface area contributed by atoms with Gasteiger partial charge < -0.3 is 16.0 Å². The van der Waals surface area contributed by atoms with Gasteiger partial charge in [-0.05, 0) is 20.8 Å². The second kappa shape index (κ2) is 6.40. The van der Waals surface area contributed by atoms with Crippen molar-refractivity contribution in [2.45, 2.75) is 20.8 Å². The van der Waals surface area contributed by atoms with Crippen molar-refractivity contribution in [2.75, 3.05) is 26.7 Å². The summed E-state index contributed by atoms with van der Waals surface area (Å²) < 4.78 is 0. The number of carbonyl (C=O) groups is 2. The molecular formula is C10H21N3O2. The van der Waals surface area contributed by atoms with Gasteiger partial charge in [0.2, 0.25) is 11.8 Å². The second-order valence-electron chi connectivity index (χ2n) is 4.02. The van der Waals surface area contributed by atoms with Crippen molar-refractivity contribution in [3.63, 3.8) is 0 Å². The predicted molar refractivity (Wildman–Crippen MR) is 59.4 cm³/mol. The quantitative estimate of drug-likeness (QED) is 0.558. The van der Waals surface area contributed by atoms with E-state index in [4.69, 9.17) is 0 Å². The minimum absolute atomic E-state index is 0.0362. The van der Waals surface area contributed by atoms with Crippen LogP contribution in [0.3, 0.4) is 0 Å². The minimum atomic E-state index is -0.499. The molecule has 0 atom stereocenters. The van der Waals surface area contributed by atoms with E-state index in [-0.39, 0.29) is 18.4 Å². The number of rotatable bonds is 6. The summed E-state index contributed by atoms with van der Waals surface area (Å²) in [6, 6.07) is 0. The average Bonchev–Trinajstić information content (AvgIpc) is 2.16. The summed E-state index contributed by atoms with van der Waals surface area (Å²) in [5, 5.41) is 8.21. The molecule has 5 heteroatoms. The van der Waals surface area contributed by atoms with Gasteiger partial charge in [-0.2, -0.15) is 0 Å². The molecule has 0 radical (unpaired) electrons. The molecular weight excluding hydrogens is 194 g/mol. The van der Waals surface area contributed by atoms with Crippen LogP contribution in [0.1, 0.15) is 20.8 Å². The third kappa shape index (κ3) is 5.37. The molecule has 0 aliphatic heterocycles. The summed E-state index contributed by atoms with van der Waals surface area (Å²) in [6.07, 6.45) is 0. The Kier molecular flexibility index (Phi) is 5.93. The van der Waals surface area contributed by atoms with Crippen LogP contribution in [0.15, 0.2) is 0 Å². The van der Waals surface area contributed by atoms with Gasteiger partial charge in [-0.1, -0.05) is 0 Å². The third-order valence-corrected chi connectivity index (χ3v) is 2.07. The number of carbonyl (C=O) groups excluding carboxylic acids is 2. The van der Waals surface area contributed by atoms with Crippen LogP contribution in [-0.4, -0.2) is 38.5 Å². The normalized spacial score (nSPS) is 10.9. The second-order valence-corrected chi connectivity index (χ2v) is 4.02. The molecule has 0 fully saturated rings. The Morgan fingerprint density at radius 3 is 2.33 bits per heavy atom. The van der Waals surface area contributed by atoms with Crippen molar-refractivity contribution in [1.29, 1.82) is 0 Å². The van der Waals surface area contributed by atoms with Crippen LogP contribution in [0.25, 0.3) is 0 Å². The van der Waals surface area contributed by atoms with Gasteiger partial charge in [-0.15, -0.1) is 0 Å². The maximum atomic E-state index is 11.4. The molecule has 0 rings (SSSR count). The molecule has 15 heavy (non-hydrogen) atoms. The fourth-order valence-corrected chi connectivity index (χ4v) is 1.17. The Morgan fingerprint density at radius 2 is 1.87 bits per heavy atom. The topological polar surface area (TPSA) is 70.2 Å². The zero-order chi connectivity index (χ0) is 11.9. The Labute approximate surface area is 91.0 Å². The van der Waals surface area contributed by atoms with Gasteiger partial charge in [0.1, 0.15) is 0 Å². The lowest BCUT2D eigenvalue weighted by Gasteiger charge is -2.22. The number of hydrogen-bond donors (Lipinski definition) is 3. The van der Waals surface area contributed by atoms with Crippen LogP contribution in [0, 0.1) is 5.41 Å². The van der Waals surface area contributed by atoms with Crippen molar-refractivity contribution < 1.29 is 9.59 Å². The highest BCUT2D eigenvalue weighted by molar-refractivity contribution is 5.82. The van der Waals surface area contributed by atoms with Crippen LogP contribution in [0.2, 0.25) is 0 Å². The molecule has 88 valence electrons. The fourth-order valence-electron chi connectivity index (χ4n) is 1.17. The standard InChI is InChI=1S/C10H21N3O2/c1-5-13-8(14)6-12-7-10(2,3)9(15)11-4/h12H,5-7H2,1-4H3,(H,11,15)(H,13,14). The number of amides is 2. The van der Waals surface area contributed by atoms with Gasteiger partial charge in [-0.25, -0.2) is 0 Å². The van der Waals surface area contributed by atoms with Gasteiger partial charge in [0.05, 0.1) is 12.0 Å². The Bertz CT molecular complexity index is 227. The van der Waals surface area contributed by atoms with Crippen molar-refractivity contribution in [3.05, 3.63) is 0 Å². The molecule has 5 nitrogen and oxygen atoms in total. The van der Waals surface area contributed by atoms with E-state index in [0.29, 0.717) is 13.1 Å². The number of likely N-dealkylation sites (N-methyl/N-ethyl adjacent to an activating group) is 1. The highest BCUT2D eigenvalue weighted by Gasteiger charge is 2.25. The van der Waals surface area contributed by atoms with Gasteiger partial charge >= 0.3 is 0 Å². The maximum Gasteiger partial charge on any atom is 0.233 e. The van der Waals surface area contributed by atoms with Crippen molar-refractivity contribution >= 4 is 11.8 Å². The molecule has 0 unspecified atom stereocenters. The first-order valence-corrected chi connectivity index (χ1v) is 5.13. The van der Waals surface area contributed by atoms with Gasteiger partial charge in [0.15, 0.2) is 0 Å². The molecule has 0 aliphatic rings. The van der Waals surface area contributed by atoms with Crippen LogP contribution >= 0.6 is 0 Å². The van der Waals surface area contributed by atoms with E-state index >= 15 is 0 Å². The molecule has 0 heterocycles. The predicted octanol–water partition coefficient (Wildman–Crippen LogP) is -0.516. The van der Waals surface area contributed by atoms with E-state index in [0.717, 1.165) is 0 Å². The highest BCUT2D eigenvalue weighted by atomic mass is 16.2. The fraction of sp³-hybridized carbons (Fsp3) is 0.800. The highest BCUT2D eigenvalue weighted by Crippen LogP contribution is 2.12. The molecule has 0 saturated carbocycles. The minimum Gasteiger partial charge on any atom is -0.359 e. The SMILES string of the molecule is CCNC(=O)CNCC(C)(C)C(=O)NC. The third-order valence-electron chi connectivity index (χ3n) is 2.07. The van der Waals surface area contributed by atoms with Crippen LogP contribution in [-0.2, 0) is 9.59 Å². The largest absolute Gasteiger partial charge is 0.359 e. The first-order chi connectivity index (χ1) is 6.94. The molecule has 2 amide bonds. The first-order valence-electron chi connectivity index (χ1n) is 5.13.